The van der Waals surface area contributed by atoms with Gasteiger partial charge in [-0.3, -0.25) is 9.52 Å². The Morgan fingerprint density at radius 1 is 1.17 bits per heavy atom. The molecule has 4 atom stereocenters. The molecule has 2 N–H and O–H groups in total. The van der Waals surface area contributed by atoms with Gasteiger partial charge < -0.3 is 24.4 Å². The summed E-state index contributed by atoms with van der Waals surface area (Å²) in [6.07, 6.45) is 3.32. The molecule has 0 bridgehead atoms. The molecule has 0 saturated heterocycles. The molecule has 0 aliphatic carbocycles. The maximum atomic E-state index is 14.2. The molecule has 0 saturated carbocycles. The van der Waals surface area contributed by atoms with Crippen LogP contribution in [-0.4, -0.2) is 87.4 Å². The first-order valence-electron chi connectivity index (χ1n) is 14.8. The highest BCUT2D eigenvalue weighted by atomic mass is 35.5. The van der Waals surface area contributed by atoms with Gasteiger partial charge in [-0.2, -0.15) is 0 Å². The second-order valence-electron chi connectivity index (χ2n) is 11.3. The number of rotatable bonds is 9. The third kappa shape index (κ3) is 9.57. The van der Waals surface area contributed by atoms with Gasteiger partial charge in [0.05, 0.1) is 35.3 Å². The van der Waals surface area contributed by atoms with E-state index in [1.807, 2.05) is 6.92 Å². The summed E-state index contributed by atoms with van der Waals surface area (Å²) in [4.78, 5) is 18.1. The van der Waals surface area contributed by atoms with Crippen LogP contribution < -0.4 is 9.46 Å². The predicted octanol–water partition coefficient (Wildman–Crippen LogP) is 5.28. The van der Waals surface area contributed by atoms with Crippen LogP contribution in [0.5, 0.6) is 5.75 Å². The summed E-state index contributed by atoms with van der Waals surface area (Å²) in [6.45, 7) is 10.4. The van der Waals surface area contributed by atoms with E-state index in [2.05, 4.69) is 30.5 Å². The molecule has 0 radical (unpaired) electrons. The fraction of sp³-hybridized carbons (Fsp3) is 0.581. The fourth-order valence-corrected chi connectivity index (χ4v) is 6.23. The summed E-state index contributed by atoms with van der Waals surface area (Å²) < 4.78 is 41.4. The van der Waals surface area contributed by atoms with Crippen LogP contribution in [0.15, 0.2) is 47.4 Å². The number of nitrogens with one attached hydrogen (secondary N) is 1. The molecule has 1 aliphatic rings. The average Bonchev–Trinajstić information content (AvgIpc) is 2.94. The van der Waals surface area contributed by atoms with Gasteiger partial charge in [0, 0.05) is 36.3 Å². The molecular formula is C31H46ClN3O6S. The monoisotopic (exact) mass is 623 g/mol. The standard InChI is InChI=1S/C31H46ClN3O6S/c1-6-16-34(5)20-30-22(2)19-35(23(3)21-36)31(37)28-18-26(33-42(38,39)27-13-10-25(32)11-14-27)12-15-29(28)41-24(4)9-7-8-17-40-30/h10-15,18,22-24,30,33,36H,6-9,16-17,19-21H2,1-5H3/t22-,23+,24+,30-/m0/s1. The number of hydrogen-bond donors (Lipinski definition) is 2. The van der Waals surface area contributed by atoms with Crippen LogP contribution in [0.4, 0.5) is 5.69 Å². The van der Waals surface area contributed by atoms with E-state index < -0.39 is 16.1 Å². The van der Waals surface area contributed by atoms with Crippen molar-refractivity contribution in [1.82, 2.24) is 9.80 Å². The molecule has 3 rings (SSSR count). The highest BCUT2D eigenvalue weighted by molar-refractivity contribution is 7.92. The lowest BCUT2D eigenvalue weighted by Gasteiger charge is -2.35. The van der Waals surface area contributed by atoms with Gasteiger partial charge in [-0.1, -0.05) is 25.4 Å². The zero-order valence-electron chi connectivity index (χ0n) is 25.4. The number of halogens is 1. The van der Waals surface area contributed by atoms with Crippen molar-refractivity contribution in [1.29, 1.82) is 0 Å². The second-order valence-corrected chi connectivity index (χ2v) is 13.5. The molecule has 1 heterocycles. The largest absolute Gasteiger partial charge is 0.490 e. The van der Waals surface area contributed by atoms with Gasteiger partial charge in [0.15, 0.2) is 0 Å². The summed E-state index contributed by atoms with van der Waals surface area (Å²) in [7, 11) is -1.86. The van der Waals surface area contributed by atoms with Crippen LogP contribution in [0.25, 0.3) is 0 Å². The van der Waals surface area contributed by atoms with Crippen LogP contribution in [0, 0.1) is 5.92 Å². The molecule has 0 fully saturated rings. The zero-order valence-corrected chi connectivity index (χ0v) is 27.0. The Kier molecular flexibility index (Phi) is 12.9. The Hall–Kier alpha value is -2.37. The summed E-state index contributed by atoms with van der Waals surface area (Å²) in [5.41, 5.74) is 0.449. The zero-order chi connectivity index (χ0) is 30.9. The third-order valence-corrected chi connectivity index (χ3v) is 9.17. The minimum atomic E-state index is -3.94. The molecule has 9 nitrogen and oxygen atoms in total. The van der Waals surface area contributed by atoms with E-state index in [0.717, 1.165) is 38.8 Å². The van der Waals surface area contributed by atoms with Crippen LogP contribution >= 0.6 is 11.6 Å². The van der Waals surface area contributed by atoms with Gasteiger partial charge in [0.1, 0.15) is 5.75 Å². The van der Waals surface area contributed by atoms with Crippen molar-refractivity contribution >= 4 is 33.2 Å². The number of carbonyl (C=O) groups is 1. The topological polar surface area (TPSA) is 108 Å². The molecule has 0 aromatic heterocycles. The molecule has 1 amide bonds. The summed E-state index contributed by atoms with van der Waals surface area (Å²) in [6, 6.07) is 10.1. The number of hydrogen-bond acceptors (Lipinski definition) is 7. The Labute approximate surface area is 256 Å². The predicted molar refractivity (Wildman–Crippen MR) is 167 cm³/mol. The van der Waals surface area contributed by atoms with E-state index in [-0.39, 0.29) is 46.8 Å². The number of amides is 1. The molecule has 0 spiro atoms. The number of likely N-dealkylation sites (N-methyl/N-ethyl adjacent to an activating group) is 1. The Morgan fingerprint density at radius 3 is 2.55 bits per heavy atom. The minimum Gasteiger partial charge on any atom is -0.490 e. The molecule has 42 heavy (non-hydrogen) atoms. The van der Waals surface area contributed by atoms with Gasteiger partial charge in [-0.15, -0.1) is 0 Å². The second kappa shape index (κ2) is 15.9. The van der Waals surface area contributed by atoms with Crippen molar-refractivity contribution < 1.29 is 27.8 Å². The maximum Gasteiger partial charge on any atom is 0.261 e. The number of aliphatic hydroxyl groups is 1. The van der Waals surface area contributed by atoms with Crippen LogP contribution in [0.3, 0.4) is 0 Å². The van der Waals surface area contributed by atoms with E-state index in [9.17, 15) is 18.3 Å². The van der Waals surface area contributed by atoms with Crippen LogP contribution in [0.1, 0.15) is 63.7 Å². The van der Waals surface area contributed by atoms with Crippen molar-refractivity contribution in [3.05, 3.63) is 53.1 Å². The molecule has 0 unspecified atom stereocenters. The van der Waals surface area contributed by atoms with Crippen LogP contribution in [0.2, 0.25) is 5.02 Å². The third-order valence-electron chi connectivity index (χ3n) is 7.52. The molecular weight excluding hydrogens is 578 g/mol. The van der Waals surface area contributed by atoms with E-state index in [0.29, 0.717) is 23.9 Å². The van der Waals surface area contributed by atoms with E-state index in [4.69, 9.17) is 21.1 Å². The highest BCUT2D eigenvalue weighted by Crippen LogP contribution is 2.29. The quantitative estimate of drug-likeness (QED) is 0.391. The first-order chi connectivity index (χ1) is 19.9. The SMILES string of the molecule is CCCN(C)C[C@@H]1OCCCC[C@@H](C)Oc2ccc(NS(=O)(=O)c3ccc(Cl)cc3)cc2C(=O)N([C@H](C)CO)C[C@@H]1C. The number of carbonyl (C=O) groups excluding carboxylic acids is 1. The first-order valence-corrected chi connectivity index (χ1v) is 16.6. The van der Waals surface area contributed by atoms with Crippen molar-refractivity contribution in [3.8, 4) is 5.75 Å². The van der Waals surface area contributed by atoms with Gasteiger partial charge in [0.2, 0.25) is 0 Å². The van der Waals surface area contributed by atoms with Crippen molar-refractivity contribution in [2.45, 2.75) is 76.5 Å². The first kappa shape index (κ1) is 34.1. The van der Waals surface area contributed by atoms with E-state index in [1.54, 1.807) is 24.0 Å². The van der Waals surface area contributed by atoms with Crippen molar-refractivity contribution in [2.75, 3.05) is 44.6 Å². The summed E-state index contributed by atoms with van der Waals surface area (Å²) in [5.74, 6) is -0.00628. The highest BCUT2D eigenvalue weighted by Gasteiger charge is 2.30. The number of ether oxygens (including phenoxy) is 2. The number of benzene rings is 2. The fourth-order valence-electron chi connectivity index (χ4n) is 5.06. The summed E-state index contributed by atoms with van der Waals surface area (Å²) in [5, 5.41) is 10.5. The number of aliphatic hydroxyl groups excluding tert-OH is 1. The van der Waals surface area contributed by atoms with Gasteiger partial charge in [-0.25, -0.2) is 8.42 Å². The summed E-state index contributed by atoms with van der Waals surface area (Å²) >= 11 is 5.93. The smallest absolute Gasteiger partial charge is 0.261 e. The Balaban J connectivity index is 2.00. The lowest BCUT2D eigenvalue weighted by Crippen LogP contribution is -2.47. The lowest BCUT2D eigenvalue weighted by atomic mass is 10.0. The van der Waals surface area contributed by atoms with Crippen molar-refractivity contribution in [3.63, 3.8) is 0 Å². The molecule has 2 aromatic rings. The van der Waals surface area contributed by atoms with Gasteiger partial charge >= 0.3 is 0 Å². The number of nitrogens with zero attached hydrogens (tertiary/aromatic N) is 2. The molecule has 2 aromatic carbocycles. The Bertz CT molecular complexity index is 1260. The Morgan fingerprint density at radius 2 is 1.88 bits per heavy atom. The van der Waals surface area contributed by atoms with Gasteiger partial charge in [0.25, 0.3) is 15.9 Å². The van der Waals surface area contributed by atoms with Gasteiger partial charge in [-0.05, 0) is 95.6 Å². The van der Waals surface area contributed by atoms with Crippen LogP contribution in [-0.2, 0) is 14.8 Å². The number of sulfonamides is 1. The number of anilines is 1. The minimum absolute atomic E-state index is 0.0277. The lowest BCUT2D eigenvalue weighted by molar-refractivity contribution is -0.0167. The van der Waals surface area contributed by atoms with Crippen molar-refractivity contribution in [2.24, 2.45) is 5.92 Å². The number of fused-ring (bicyclic) bond motifs is 1. The molecule has 1 aliphatic heterocycles. The average molecular weight is 624 g/mol. The molecule has 234 valence electrons. The normalized spacial score (nSPS) is 21.8. The van der Waals surface area contributed by atoms with E-state index in [1.165, 1.54) is 30.3 Å². The molecule has 11 heteroatoms. The van der Waals surface area contributed by atoms with E-state index >= 15 is 0 Å². The maximum absolute atomic E-state index is 14.2.